The second kappa shape index (κ2) is 9.60. The van der Waals surface area contributed by atoms with Gasteiger partial charge in [0, 0.05) is 12.8 Å². The van der Waals surface area contributed by atoms with Crippen molar-refractivity contribution in [2.45, 2.75) is 12.8 Å². The van der Waals surface area contributed by atoms with Crippen molar-refractivity contribution in [3.8, 4) is 0 Å². The Morgan fingerprint density at radius 2 is 1.43 bits per heavy atom. The molecule has 0 unspecified atom stereocenters. The molecule has 7 heavy (non-hydrogen) atoms. The van der Waals surface area contributed by atoms with E-state index in [1.807, 2.05) is 0 Å². The topological polar surface area (TPSA) is 34.1 Å². The third-order valence-corrected chi connectivity index (χ3v) is 0.402. The van der Waals surface area contributed by atoms with E-state index < -0.39 is 0 Å². The molecule has 36 valence electrons. The molecule has 0 rings (SSSR count). The van der Waals surface area contributed by atoms with Gasteiger partial charge in [-0.2, -0.15) is 0 Å². The molecule has 0 fully saturated rings. The molecule has 0 aromatic carbocycles. The van der Waals surface area contributed by atoms with Gasteiger partial charge in [-0.1, -0.05) is 0 Å². The van der Waals surface area contributed by atoms with Crippen LogP contribution in [0.4, 0.5) is 0 Å². The molecule has 0 spiro atoms. The van der Waals surface area contributed by atoms with Crippen molar-refractivity contribution in [1.82, 2.24) is 0 Å². The number of aldehydes is 2. The van der Waals surface area contributed by atoms with Gasteiger partial charge in [0.05, 0.1) is 0 Å². The Balaban J connectivity index is -0.000000125. The fourth-order valence-corrected chi connectivity index (χ4v) is 0.136. The van der Waals surface area contributed by atoms with Gasteiger partial charge in [-0.15, -0.1) is 0 Å². The summed E-state index contributed by atoms with van der Waals surface area (Å²) >= 11 is 0. The van der Waals surface area contributed by atoms with Crippen LogP contribution in [0.2, 0.25) is 0 Å². The Morgan fingerprint density at radius 1 is 1.14 bits per heavy atom. The van der Waals surface area contributed by atoms with Crippen molar-refractivity contribution in [2.75, 3.05) is 0 Å². The average molecular weight is 110 g/mol. The predicted octanol–water partition coefficient (Wildman–Crippen LogP) is -2.72. The number of hydrogen-bond acceptors (Lipinski definition) is 2. The van der Waals surface area contributed by atoms with Crippen molar-refractivity contribution in [2.24, 2.45) is 0 Å². The molecule has 0 heterocycles. The van der Waals surface area contributed by atoms with E-state index in [0.29, 0.717) is 12.8 Å². The molecule has 0 aromatic rings. The molecule has 0 aromatic heterocycles. The molecule has 0 radical (unpaired) electrons. The maximum Gasteiger partial charge on any atom is 1.00 e. The predicted molar refractivity (Wildman–Crippen MR) is 22.5 cm³/mol. The number of hydrogen-bond donors (Lipinski definition) is 0. The molecular formula is C4H7NaO2. The molecule has 3 heteroatoms. The number of unbranched alkanes of at least 4 members (excludes halogenated alkanes) is 1. The summed E-state index contributed by atoms with van der Waals surface area (Å²) < 4.78 is 0. The average Bonchev–Trinajstić information content (AvgIpc) is 1.61. The van der Waals surface area contributed by atoms with Crippen LogP contribution in [-0.4, -0.2) is 12.6 Å². The van der Waals surface area contributed by atoms with Crippen molar-refractivity contribution in [1.29, 1.82) is 0 Å². The minimum atomic E-state index is 0. The fraction of sp³-hybridized carbons (Fsp3) is 0.500. The molecule has 0 aliphatic carbocycles. The Hall–Kier alpha value is 0.340. The van der Waals surface area contributed by atoms with Gasteiger partial charge in [0.2, 0.25) is 0 Å². The van der Waals surface area contributed by atoms with E-state index in [4.69, 9.17) is 0 Å². The molecule has 0 N–H and O–H groups in total. The van der Waals surface area contributed by atoms with Crippen LogP contribution in [0, 0.1) is 0 Å². The van der Waals surface area contributed by atoms with E-state index in [1.165, 1.54) is 0 Å². The van der Waals surface area contributed by atoms with Crippen LogP contribution in [-0.2, 0) is 9.59 Å². The van der Waals surface area contributed by atoms with E-state index in [9.17, 15) is 9.59 Å². The monoisotopic (exact) mass is 110 g/mol. The fourth-order valence-electron chi connectivity index (χ4n) is 0.136. The minimum Gasteiger partial charge on any atom is -1.00 e. The van der Waals surface area contributed by atoms with Gasteiger partial charge in [0.15, 0.2) is 0 Å². The molecule has 0 amide bonds. The molecule has 2 nitrogen and oxygen atoms in total. The third kappa shape index (κ3) is 10.7. The minimum absolute atomic E-state index is 0. The molecule has 0 saturated heterocycles. The zero-order valence-electron chi connectivity index (χ0n) is 5.39. The van der Waals surface area contributed by atoms with E-state index in [1.54, 1.807) is 0 Å². The molecule has 0 atom stereocenters. The van der Waals surface area contributed by atoms with Gasteiger partial charge in [0.1, 0.15) is 12.6 Å². The van der Waals surface area contributed by atoms with Crippen LogP contribution in [0.1, 0.15) is 14.3 Å². The smallest absolute Gasteiger partial charge is 1.00 e. The van der Waals surface area contributed by atoms with Crippen LogP contribution in [0.5, 0.6) is 0 Å². The molecule has 0 aliphatic rings. The van der Waals surface area contributed by atoms with Gasteiger partial charge < -0.3 is 11.0 Å². The maximum atomic E-state index is 9.40. The first-order chi connectivity index (χ1) is 2.91. The maximum absolute atomic E-state index is 9.40. The summed E-state index contributed by atoms with van der Waals surface area (Å²) in [6, 6.07) is 0. The summed E-state index contributed by atoms with van der Waals surface area (Å²) in [7, 11) is 0. The second-order valence-electron chi connectivity index (χ2n) is 0.911. The third-order valence-electron chi connectivity index (χ3n) is 0.402. The van der Waals surface area contributed by atoms with Crippen LogP contribution in [0.15, 0.2) is 0 Å². The Morgan fingerprint density at radius 3 is 1.57 bits per heavy atom. The first kappa shape index (κ1) is 10.3. The van der Waals surface area contributed by atoms with Gasteiger partial charge in [-0.05, 0) is 0 Å². The normalized spacial score (nSPS) is 6.29. The SMILES string of the molecule is O=CCCC=O.[H-].[Na+]. The van der Waals surface area contributed by atoms with Gasteiger partial charge in [0.25, 0.3) is 0 Å². The molecule has 0 bridgehead atoms. The Labute approximate surface area is 66.1 Å². The Bertz CT molecular complexity index is 50.0. The van der Waals surface area contributed by atoms with Crippen molar-refractivity contribution in [3.63, 3.8) is 0 Å². The van der Waals surface area contributed by atoms with Crippen LogP contribution in [0.3, 0.4) is 0 Å². The van der Waals surface area contributed by atoms with Crippen LogP contribution < -0.4 is 29.6 Å². The molecular weight excluding hydrogens is 103 g/mol. The van der Waals surface area contributed by atoms with Crippen molar-refractivity contribution in [3.05, 3.63) is 0 Å². The summed E-state index contributed by atoms with van der Waals surface area (Å²) in [5, 5.41) is 0. The van der Waals surface area contributed by atoms with Crippen LogP contribution >= 0.6 is 0 Å². The standard InChI is InChI=1S/C4H6O2.Na.H/c5-3-1-2-4-6;;/h3-4H,1-2H2;;/q;+1;-1. The van der Waals surface area contributed by atoms with Gasteiger partial charge in [-0.25, -0.2) is 0 Å². The number of rotatable bonds is 3. The summed E-state index contributed by atoms with van der Waals surface area (Å²) in [6.07, 6.45) is 2.19. The van der Waals surface area contributed by atoms with E-state index in [-0.39, 0.29) is 31.0 Å². The summed E-state index contributed by atoms with van der Waals surface area (Å²) in [4.78, 5) is 18.8. The Kier molecular flexibility index (Phi) is 14.2. The summed E-state index contributed by atoms with van der Waals surface area (Å²) in [5.74, 6) is 0. The van der Waals surface area contributed by atoms with Crippen LogP contribution in [0.25, 0.3) is 0 Å². The van der Waals surface area contributed by atoms with E-state index in [0.717, 1.165) is 12.6 Å². The van der Waals surface area contributed by atoms with E-state index in [2.05, 4.69) is 0 Å². The first-order valence-corrected chi connectivity index (χ1v) is 1.79. The molecule has 0 saturated carbocycles. The van der Waals surface area contributed by atoms with Crippen molar-refractivity contribution >= 4 is 12.6 Å². The number of carbonyl (C=O) groups excluding carboxylic acids is 2. The summed E-state index contributed by atoms with van der Waals surface area (Å²) in [5.41, 5.74) is 0. The zero-order chi connectivity index (χ0) is 4.83. The summed E-state index contributed by atoms with van der Waals surface area (Å²) in [6.45, 7) is 0. The van der Waals surface area contributed by atoms with Crippen molar-refractivity contribution < 1.29 is 40.6 Å². The number of carbonyl (C=O) groups is 2. The van der Waals surface area contributed by atoms with E-state index >= 15 is 0 Å². The largest absolute Gasteiger partial charge is 1.00 e. The van der Waals surface area contributed by atoms with Gasteiger partial charge >= 0.3 is 29.6 Å². The van der Waals surface area contributed by atoms with Gasteiger partial charge in [-0.3, -0.25) is 0 Å². The quantitative estimate of drug-likeness (QED) is 0.225. The first-order valence-electron chi connectivity index (χ1n) is 1.79. The second-order valence-corrected chi connectivity index (χ2v) is 0.911. The zero-order valence-corrected chi connectivity index (χ0v) is 6.39. The molecule has 0 aliphatic heterocycles.